The zero-order valence-electron chi connectivity index (χ0n) is 10.4. The Hall–Kier alpha value is -0.940. The van der Waals surface area contributed by atoms with Crippen LogP contribution in [0.1, 0.15) is 29.8 Å². The van der Waals surface area contributed by atoms with E-state index >= 15 is 0 Å². The number of aryl methyl sites for hydroxylation is 1. The van der Waals surface area contributed by atoms with Crippen molar-refractivity contribution < 1.29 is 4.79 Å². The first-order valence-electron chi connectivity index (χ1n) is 5.31. The lowest BCUT2D eigenvalue weighted by atomic mass is 10.2. The Morgan fingerprint density at radius 2 is 2.12 bits per heavy atom. The maximum Gasteiger partial charge on any atom is 0.238 e. The molecule has 1 N–H and O–H groups in total. The topological polar surface area (TPSA) is 45.2 Å². The number of nitrogens with one attached hydrogen (secondary N) is 1. The number of likely N-dealkylation sites (N-methyl/N-ethyl adjacent to an activating group) is 1. The van der Waals surface area contributed by atoms with Crippen molar-refractivity contribution in [2.75, 3.05) is 14.1 Å². The van der Waals surface area contributed by atoms with E-state index in [2.05, 4.69) is 10.3 Å². The molecule has 2 atom stereocenters. The van der Waals surface area contributed by atoms with Gasteiger partial charge in [0.05, 0.1) is 12.1 Å². The minimum absolute atomic E-state index is 0.0835. The Bertz CT molecular complexity index is 362. The molecule has 0 saturated heterocycles. The van der Waals surface area contributed by atoms with Gasteiger partial charge in [0.15, 0.2) is 0 Å². The molecule has 1 aromatic heterocycles. The Morgan fingerprint density at radius 1 is 1.50 bits per heavy atom. The Labute approximate surface area is 101 Å². The van der Waals surface area contributed by atoms with Gasteiger partial charge in [0.1, 0.15) is 5.01 Å². The first-order valence-corrected chi connectivity index (χ1v) is 6.13. The fourth-order valence-electron chi connectivity index (χ4n) is 1.48. The van der Waals surface area contributed by atoms with Gasteiger partial charge in [-0.3, -0.25) is 10.1 Å². The van der Waals surface area contributed by atoms with Gasteiger partial charge in [-0.15, -0.1) is 11.3 Å². The molecule has 1 aromatic rings. The molecule has 0 aromatic carbocycles. The fraction of sp³-hybridized carbons (Fsp3) is 0.636. The van der Waals surface area contributed by atoms with Crippen molar-refractivity contribution in [3.05, 3.63) is 16.1 Å². The summed E-state index contributed by atoms with van der Waals surface area (Å²) in [5.74, 6) is 0.0835. The number of amides is 1. The molecule has 0 saturated carbocycles. The van der Waals surface area contributed by atoms with Crippen LogP contribution in [0.15, 0.2) is 6.20 Å². The van der Waals surface area contributed by atoms with Crippen LogP contribution in [0.4, 0.5) is 0 Å². The molecule has 2 unspecified atom stereocenters. The molecule has 0 spiro atoms. The van der Waals surface area contributed by atoms with E-state index < -0.39 is 0 Å². The van der Waals surface area contributed by atoms with Crippen molar-refractivity contribution in [2.24, 2.45) is 0 Å². The van der Waals surface area contributed by atoms with Crippen LogP contribution in [0.25, 0.3) is 0 Å². The first-order chi connectivity index (χ1) is 7.41. The van der Waals surface area contributed by atoms with E-state index in [1.807, 2.05) is 27.0 Å². The number of aromatic nitrogens is 1. The van der Waals surface area contributed by atoms with Gasteiger partial charge < -0.3 is 4.90 Å². The third-order valence-corrected chi connectivity index (χ3v) is 3.42. The van der Waals surface area contributed by atoms with Gasteiger partial charge >= 0.3 is 0 Å². The summed E-state index contributed by atoms with van der Waals surface area (Å²) in [5.41, 5.74) is 0. The van der Waals surface area contributed by atoms with Crippen LogP contribution in [0.3, 0.4) is 0 Å². The molecule has 4 nitrogen and oxygen atoms in total. The number of hydrogen-bond donors (Lipinski definition) is 1. The van der Waals surface area contributed by atoms with Crippen molar-refractivity contribution in [3.63, 3.8) is 0 Å². The second kappa shape index (κ2) is 5.41. The van der Waals surface area contributed by atoms with Crippen LogP contribution in [-0.2, 0) is 4.79 Å². The summed E-state index contributed by atoms with van der Waals surface area (Å²) < 4.78 is 0. The molecule has 90 valence electrons. The quantitative estimate of drug-likeness (QED) is 0.870. The molecular weight excluding hydrogens is 222 g/mol. The summed E-state index contributed by atoms with van der Waals surface area (Å²) in [5, 5.41) is 4.27. The summed E-state index contributed by atoms with van der Waals surface area (Å²) in [6, 6.07) is -0.0770. The minimum Gasteiger partial charge on any atom is -0.347 e. The number of carbonyl (C=O) groups excluding carboxylic acids is 1. The molecule has 0 aliphatic rings. The summed E-state index contributed by atoms with van der Waals surface area (Å²) in [4.78, 5) is 18.8. The van der Waals surface area contributed by atoms with E-state index in [1.54, 1.807) is 30.3 Å². The van der Waals surface area contributed by atoms with E-state index in [1.165, 1.54) is 4.88 Å². The molecule has 0 aliphatic carbocycles. The monoisotopic (exact) mass is 241 g/mol. The van der Waals surface area contributed by atoms with E-state index in [-0.39, 0.29) is 18.0 Å². The Kier molecular flexibility index (Phi) is 4.44. The summed E-state index contributed by atoms with van der Waals surface area (Å²) in [7, 11) is 3.53. The second-order valence-electron chi connectivity index (χ2n) is 4.15. The molecule has 0 bridgehead atoms. The standard InChI is InChI=1S/C11H19N3OS/c1-7-6-12-10(16-7)8(2)13-9(3)11(15)14(4)5/h6,8-9,13H,1-5H3. The number of rotatable bonds is 4. The normalized spacial score (nSPS) is 14.6. The molecule has 0 radical (unpaired) electrons. The third-order valence-electron chi connectivity index (χ3n) is 2.32. The summed E-state index contributed by atoms with van der Waals surface area (Å²) in [6.07, 6.45) is 1.86. The number of hydrogen-bond acceptors (Lipinski definition) is 4. The Balaban J connectivity index is 2.58. The molecule has 1 amide bonds. The summed E-state index contributed by atoms with van der Waals surface area (Å²) >= 11 is 1.66. The fourth-order valence-corrected chi connectivity index (χ4v) is 2.26. The molecule has 16 heavy (non-hydrogen) atoms. The maximum absolute atomic E-state index is 11.7. The van der Waals surface area contributed by atoms with E-state index in [4.69, 9.17) is 0 Å². The van der Waals surface area contributed by atoms with E-state index in [9.17, 15) is 4.79 Å². The molecule has 1 heterocycles. The highest BCUT2D eigenvalue weighted by atomic mass is 32.1. The second-order valence-corrected chi connectivity index (χ2v) is 5.42. The van der Waals surface area contributed by atoms with Gasteiger partial charge in [-0.2, -0.15) is 0 Å². The van der Waals surface area contributed by atoms with Gasteiger partial charge in [-0.05, 0) is 20.8 Å². The Morgan fingerprint density at radius 3 is 2.56 bits per heavy atom. The van der Waals surface area contributed by atoms with Crippen molar-refractivity contribution in [1.29, 1.82) is 0 Å². The highest BCUT2D eigenvalue weighted by Gasteiger charge is 2.18. The predicted octanol–water partition coefficient (Wildman–Crippen LogP) is 1.58. The highest BCUT2D eigenvalue weighted by Crippen LogP contribution is 2.19. The number of carbonyl (C=O) groups is 1. The zero-order chi connectivity index (χ0) is 12.3. The molecule has 5 heteroatoms. The maximum atomic E-state index is 11.7. The van der Waals surface area contributed by atoms with Crippen molar-refractivity contribution in [3.8, 4) is 0 Å². The number of thiazole rings is 1. The smallest absolute Gasteiger partial charge is 0.238 e. The lowest BCUT2D eigenvalue weighted by molar-refractivity contribution is -0.130. The first kappa shape index (κ1) is 13.1. The molecule has 0 fully saturated rings. The largest absolute Gasteiger partial charge is 0.347 e. The zero-order valence-corrected chi connectivity index (χ0v) is 11.3. The SMILES string of the molecule is Cc1cnc(C(C)NC(C)C(=O)N(C)C)s1. The van der Waals surface area contributed by atoms with Gasteiger partial charge in [0.2, 0.25) is 5.91 Å². The van der Waals surface area contributed by atoms with Gasteiger partial charge in [-0.25, -0.2) is 4.98 Å². The lowest BCUT2D eigenvalue weighted by Gasteiger charge is -2.21. The van der Waals surface area contributed by atoms with Gasteiger partial charge in [0.25, 0.3) is 0 Å². The van der Waals surface area contributed by atoms with Crippen LogP contribution in [0, 0.1) is 6.92 Å². The predicted molar refractivity (Wildman–Crippen MR) is 66.6 cm³/mol. The van der Waals surface area contributed by atoms with Crippen LogP contribution >= 0.6 is 11.3 Å². The van der Waals surface area contributed by atoms with Crippen molar-refractivity contribution in [2.45, 2.75) is 32.9 Å². The average Bonchev–Trinajstić information content (AvgIpc) is 2.63. The van der Waals surface area contributed by atoms with Crippen molar-refractivity contribution in [1.82, 2.24) is 15.2 Å². The van der Waals surface area contributed by atoms with Crippen LogP contribution in [-0.4, -0.2) is 35.9 Å². The highest BCUT2D eigenvalue weighted by molar-refractivity contribution is 7.11. The average molecular weight is 241 g/mol. The van der Waals surface area contributed by atoms with Crippen molar-refractivity contribution >= 4 is 17.2 Å². The van der Waals surface area contributed by atoms with Gasteiger partial charge in [-0.1, -0.05) is 0 Å². The number of nitrogens with zero attached hydrogens (tertiary/aromatic N) is 2. The molecule has 0 aliphatic heterocycles. The third kappa shape index (κ3) is 3.28. The molecule has 1 rings (SSSR count). The van der Waals surface area contributed by atoms with E-state index in [0.717, 1.165) is 5.01 Å². The van der Waals surface area contributed by atoms with Gasteiger partial charge in [0, 0.05) is 25.2 Å². The summed E-state index contributed by atoms with van der Waals surface area (Å²) in [6.45, 7) is 5.93. The minimum atomic E-state index is -0.186. The van der Waals surface area contributed by atoms with Crippen LogP contribution in [0.2, 0.25) is 0 Å². The lowest BCUT2D eigenvalue weighted by Crippen LogP contribution is -2.42. The van der Waals surface area contributed by atoms with E-state index in [0.29, 0.717) is 0 Å². The van der Waals surface area contributed by atoms with Crippen LogP contribution < -0.4 is 5.32 Å². The van der Waals surface area contributed by atoms with Crippen LogP contribution in [0.5, 0.6) is 0 Å². The molecular formula is C11H19N3OS.